The average Bonchev–Trinajstić information content (AvgIpc) is 2.47. The third kappa shape index (κ3) is 3.85. The van der Waals surface area contributed by atoms with E-state index in [0.717, 1.165) is 25.9 Å². The number of ether oxygens (including phenoxy) is 1. The maximum atomic E-state index is 6.48. The van der Waals surface area contributed by atoms with Crippen LogP contribution in [0.25, 0.3) is 0 Å². The molecule has 21 heavy (non-hydrogen) atoms. The maximum absolute atomic E-state index is 6.48. The van der Waals surface area contributed by atoms with Crippen molar-refractivity contribution >= 4 is 0 Å². The number of likely N-dealkylation sites (tertiary alicyclic amines) is 1. The van der Waals surface area contributed by atoms with E-state index in [4.69, 9.17) is 10.5 Å². The van der Waals surface area contributed by atoms with E-state index < -0.39 is 0 Å². The molecule has 0 aliphatic carbocycles. The third-order valence-electron chi connectivity index (χ3n) is 4.84. The van der Waals surface area contributed by atoms with Gasteiger partial charge in [0.1, 0.15) is 0 Å². The number of hydrogen-bond donors (Lipinski definition) is 1. The molecule has 2 N–H and O–H groups in total. The molecule has 0 spiro atoms. The van der Waals surface area contributed by atoms with E-state index in [2.05, 4.69) is 49.9 Å². The topological polar surface area (TPSA) is 38.5 Å². The van der Waals surface area contributed by atoms with Crippen molar-refractivity contribution in [3.05, 3.63) is 35.4 Å². The summed E-state index contributed by atoms with van der Waals surface area (Å²) in [5, 5.41) is 0. The fourth-order valence-electron chi connectivity index (χ4n) is 3.45. The molecule has 3 unspecified atom stereocenters. The van der Waals surface area contributed by atoms with E-state index in [1.54, 1.807) is 0 Å². The van der Waals surface area contributed by atoms with Crippen LogP contribution in [0.5, 0.6) is 0 Å². The van der Waals surface area contributed by atoms with Crippen LogP contribution in [0.3, 0.4) is 0 Å². The molecule has 1 aliphatic heterocycles. The SMILES string of the molecule is CCC(N)C(c1cccc(C)c1)N1CCCC(C)(OC)C1. The van der Waals surface area contributed by atoms with Gasteiger partial charge in [0.25, 0.3) is 0 Å². The lowest BCUT2D eigenvalue weighted by Crippen LogP contribution is -2.52. The molecule has 1 heterocycles. The number of nitrogens with zero attached hydrogens (tertiary/aromatic N) is 1. The fraction of sp³-hybridized carbons (Fsp3) is 0.667. The first-order valence-corrected chi connectivity index (χ1v) is 8.10. The molecule has 0 radical (unpaired) electrons. The summed E-state index contributed by atoms with van der Waals surface area (Å²) < 4.78 is 5.75. The van der Waals surface area contributed by atoms with Gasteiger partial charge in [-0.2, -0.15) is 0 Å². The molecule has 0 amide bonds. The largest absolute Gasteiger partial charge is 0.377 e. The van der Waals surface area contributed by atoms with Crippen LogP contribution in [0.1, 0.15) is 50.3 Å². The van der Waals surface area contributed by atoms with E-state index in [9.17, 15) is 0 Å². The van der Waals surface area contributed by atoms with Gasteiger partial charge in [0, 0.05) is 25.7 Å². The number of piperidine rings is 1. The smallest absolute Gasteiger partial charge is 0.0777 e. The van der Waals surface area contributed by atoms with Gasteiger partial charge in [0.05, 0.1) is 5.60 Å². The van der Waals surface area contributed by atoms with E-state index in [1.807, 2.05) is 7.11 Å². The van der Waals surface area contributed by atoms with Crippen molar-refractivity contribution in [2.75, 3.05) is 20.2 Å². The van der Waals surface area contributed by atoms with Crippen molar-refractivity contribution in [3.63, 3.8) is 0 Å². The van der Waals surface area contributed by atoms with Crippen LogP contribution < -0.4 is 5.73 Å². The number of benzene rings is 1. The van der Waals surface area contributed by atoms with Crippen LogP contribution in [-0.2, 0) is 4.74 Å². The number of rotatable bonds is 5. The summed E-state index contributed by atoms with van der Waals surface area (Å²) in [6.07, 6.45) is 3.28. The minimum absolute atomic E-state index is 0.0478. The summed E-state index contributed by atoms with van der Waals surface area (Å²) in [6.45, 7) is 8.59. The second kappa shape index (κ2) is 6.91. The van der Waals surface area contributed by atoms with Gasteiger partial charge in [0.2, 0.25) is 0 Å². The van der Waals surface area contributed by atoms with Gasteiger partial charge in [-0.05, 0) is 45.2 Å². The van der Waals surface area contributed by atoms with Crippen molar-refractivity contribution in [2.24, 2.45) is 5.73 Å². The Bertz CT molecular complexity index is 462. The van der Waals surface area contributed by atoms with Crippen LogP contribution in [0.15, 0.2) is 24.3 Å². The highest BCUT2D eigenvalue weighted by Crippen LogP contribution is 2.33. The second-order valence-electron chi connectivity index (χ2n) is 6.66. The first-order chi connectivity index (χ1) is 9.99. The zero-order valence-electron chi connectivity index (χ0n) is 13.9. The summed E-state index contributed by atoms with van der Waals surface area (Å²) in [6, 6.07) is 9.22. The first-order valence-electron chi connectivity index (χ1n) is 8.10. The Morgan fingerprint density at radius 3 is 2.81 bits per heavy atom. The molecule has 3 nitrogen and oxygen atoms in total. The molecule has 118 valence electrons. The monoisotopic (exact) mass is 290 g/mol. The quantitative estimate of drug-likeness (QED) is 0.904. The predicted octanol–water partition coefficient (Wildman–Crippen LogP) is 3.27. The molecule has 1 aromatic carbocycles. The molecule has 1 fully saturated rings. The van der Waals surface area contributed by atoms with Crippen molar-refractivity contribution in [1.82, 2.24) is 4.90 Å². The fourth-order valence-corrected chi connectivity index (χ4v) is 3.45. The molecular weight excluding hydrogens is 260 g/mol. The average molecular weight is 290 g/mol. The van der Waals surface area contributed by atoms with Crippen molar-refractivity contribution in [3.8, 4) is 0 Å². The van der Waals surface area contributed by atoms with Gasteiger partial charge in [0.15, 0.2) is 0 Å². The Kier molecular flexibility index (Phi) is 5.42. The molecule has 0 saturated carbocycles. The van der Waals surface area contributed by atoms with Gasteiger partial charge in [-0.3, -0.25) is 4.90 Å². The highest BCUT2D eigenvalue weighted by atomic mass is 16.5. The zero-order valence-corrected chi connectivity index (χ0v) is 13.9. The van der Waals surface area contributed by atoms with E-state index in [-0.39, 0.29) is 17.7 Å². The van der Waals surface area contributed by atoms with Crippen LogP contribution in [0.4, 0.5) is 0 Å². The summed E-state index contributed by atoms with van der Waals surface area (Å²) >= 11 is 0. The summed E-state index contributed by atoms with van der Waals surface area (Å²) in [4.78, 5) is 2.52. The first kappa shape index (κ1) is 16.5. The van der Waals surface area contributed by atoms with Crippen LogP contribution in [-0.4, -0.2) is 36.7 Å². The van der Waals surface area contributed by atoms with Gasteiger partial charge in [-0.1, -0.05) is 36.8 Å². The Hall–Kier alpha value is -0.900. The number of aryl methyl sites for hydroxylation is 1. The van der Waals surface area contributed by atoms with Crippen LogP contribution in [0.2, 0.25) is 0 Å². The maximum Gasteiger partial charge on any atom is 0.0777 e. The lowest BCUT2D eigenvalue weighted by atomic mass is 9.89. The van der Waals surface area contributed by atoms with E-state index in [1.165, 1.54) is 17.5 Å². The number of methoxy groups -OCH3 is 1. The number of hydrogen-bond acceptors (Lipinski definition) is 3. The molecule has 1 aromatic rings. The molecule has 0 bridgehead atoms. The minimum Gasteiger partial charge on any atom is -0.377 e. The van der Waals surface area contributed by atoms with Crippen molar-refractivity contribution < 1.29 is 4.74 Å². The van der Waals surface area contributed by atoms with Crippen molar-refractivity contribution in [1.29, 1.82) is 0 Å². The molecule has 3 heteroatoms. The molecule has 2 rings (SSSR count). The Morgan fingerprint density at radius 2 is 2.19 bits per heavy atom. The lowest BCUT2D eigenvalue weighted by Gasteiger charge is -2.45. The molecule has 3 atom stereocenters. The predicted molar refractivity (Wildman–Crippen MR) is 88.4 cm³/mol. The molecule has 1 saturated heterocycles. The molecule has 1 aliphatic rings. The van der Waals surface area contributed by atoms with E-state index in [0.29, 0.717) is 0 Å². The Labute approximate surface area is 129 Å². The van der Waals surface area contributed by atoms with E-state index >= 15 is 0 Å². The lowest BCUT2D eigenvalue weighted by molar-refractivity contribution is -0.0643. The zero-order chi connectivity index (χ0) is 15.5. The highest BCUT2D eigenvalue weighted by Gasteiger charge is 2.36. The number of nitrogens with two attached hydrogens (primary N) is 1. The third-order valence-corrected chi connectivity index (χ3v) is 4.84. The van der Waals surface area contributed by atoms with Crippen LogP contribution in [0, 0.1) is 6.92 Å². The summed E-state index contributed by atoms with van der Waals surface area (Å²) in [7, 11) is 1.82. The standard InChI is InChI=1S/C18H30N2O/c1-5-16(19)17(15-9-6-8-14(2)12-15)20-11-7-10-18(3,13-20)21-4/h6,8-9,12,16-17H,5,7,10-11,13,19H2,1-4H3. The van der Waals surface area contributed by atoms with Gasteiger partial charge < -0.3 is 10.5 Å². The van der Waals surface area contributed by atoms with Crippen molar-refractivity contribution in [2.45, 2.75) is 57.7 Å². The van der Waals surface area contributed by atoms with Gasteiger partial charge in [-0.25, -0.2) is 0 Å². The van der Waals surface area contributed by atoms with Gasteiger partial charge in [-0.15, -0.1) is 0 Å². The summed E-state index contributed by atoms with van der Waals surface area (Å²) in [5.74, 6) is 0. The second-order valence-corrected chi connectivity index (χ2v) is 6.66. The molecular formula is C18H30N2O. The minimum atomic E-state index is -0.0478. The normalized spacial score (nSPS) is 26.5. The van der Waals surface area contributed by atoms with Gasteiger partial charge >= 0.3 is 0 Å². The summed E-state index contributed by atoms with van der Waals surface area (Å²) in [5.41, 5.74) is 9.07. The Morgan fingerprint density at radius 1 is 1.43 bits per heavy atom. The molecule has 0 aromatic heterocycles. The highest BCUT2D eigenvalue weighted by molar-refractivity contribution is 5.26. The Balaban J connectivity index is 2.28. The van der Waals surface area contributed by atoms with Crippen LogP contribution >= 0.6 is 0 Å².